The van der Waals surface area contributed by atoms with Gasteiger partial charge in [-0.1, -0.05) is 61.5 Å². The van der Waals surface area contributed by atoms with Gasteiger partial charge in [0.25, 0.3) is 5.91 Å². The molecular formula is C25H21FN2O. The Labute approximate surface area is 170 Å². The van der Waals surface area contributed by atoms with Crippen molar-refractivity contribution in [3.05, 3.63) is 106 Å². The first-order valence-corrected chi connectivity index (χ1v) is 9.44. The summed E-state index contributed by atoms with van der Waals surface area (Å²) in [5.41, 5.74) is 4.21. The molecule has 0 saturated heterocycles. The van der Waals surface area contributed by atoms with E-state index in [1.807, 2.05) is 67.6 Å². The molecule has 3 rings (SSSR count). The van der Waals surface area contributed by atoms with Gasteiger partial charge in [0.05, 0.1) is 0 Å². The van der Waals surface area contributed by atoms with E-state index >= 15 is 0 Å². The molecule has 4 heteroatoms. The van der Waals surface area contributed by atoms with Crippen molar-refractivity contribution in [3.8, 4) is 6.07 Å². The largest absolute Gasteiger partial charge is 0.321 e. The summed E-state index contributed by atoms with van der Waals surface area (Å²) >= 11 is 0. The number of hydrogen-bond acceptors (Lipinski definition) is 2. The number of aryl methyl sites for hydroxylation is 1. The topological polar surface area (TPSA) is 52.9 Å². The molecule has 0 unspecified atom stereocenters. The maximum Gasteiger partial charge on any atom is 0.266 e. The van der Waals surface area contributed by atoms with E-state index in [9.17, 15) is 14.4 Å². The minimum Gasteiger partial charge on any atom is -0.321 e. The fraction of sp³-hybridized carbons (Fsp3) is 0.120. The number of hydrogen-bond donors (Lipinski definition) is 1. The summed E-state index contributed by atoms with van der Waals surface area (Å²) in [5.74, 6) is -0.740. The Morgan fingerprint density at radius 3 is 2.48 bits per heavy atom. The van der Waals surface area contributed by atoms with Crippen LogP contribution in [-0.4, -0.2) is 5.91 Å². The number of nitrogens with zero attached hydrogens (tertiary/aromatic N) is 1. The third-order valence-corrected chi connectivity index (χ3v) is 4.65. The molecule has 1 N–H and O–H groups in total. The van der Waals surface area contributed by atoms with Crippen molar-refractivity contribution < 1.29 is 9.18 Å². The van der Waals surface area contributed by atoms with E-state index in [2.05, 4.69) is 5.32 Å². The zero-order valence-corrected chi connectivity index (χ0v) is 16.2. The number of nitrogens with one attached hydrogen (secondary N) is 1. The molecular weight excluding hydrogens is 363 g/mol. The summed E-state index contributed by atoms with van der Waals surface area (Å²) in [4.78, 5) is 12.7. The molecule has 0 aliphatic rings. The molecule has 0 spiro atoms. The molecule has 0 aliphatic carbocycles. The van der Waals surface area contributed by atoms with Gasteiger partial charge in [-0.25, -0.2) is 4.39 Å². The first kappa shape index (κ1) is 20.0. The SMILES string of the molecule is CCc1ccccc1NC(=O)/C(C#N)=C/c1ccccc1Cc1cccc(F)c1. The number of benzene rings is 3. The molecule has 0 atom stereocenters. The third-order valence-electron chi connectivity index (χ3n) is 4.65. The van der Waals surface area contributed by atoms with Crippen LogP contribution >= 0.6 is 0 Å². The second-order valence-electron chi connectivity index (χ2n) is 6.64. The van der Waals surface area contributed by atoms with E-state index in [0.717, 1.165) is 28.7 Å². The fourth-order valence-corrected chi connectivity index (χ4v) is 3.15. The lowest BCUT2D eigenvalue weighted by molar-refractivity contribution is -0.112. The predicted octanol–water partition coefficient (Wildman–Crippen LogP) is 5.52. The number of carbonyl (C=O) groups excluding carboxylic acids is 1. The molecule has 3 aromatic carbocycles. The highest BCUT2D eigenvalue weighted by molar-refractivity contribution is 6.10. The Kier molecular flexibility index (Phi) is 6.55. The van der Waals surface area contributed by atoms with Crippen molar-refractivity contribution in [2.45, 2.75) is 19.8 Å². The van der Waals surface area contributed by atoms with Crippen molar-refractivity contribution in [1.29, 1.82) is 5.26 Å². The van der Waals surface area contributed by atoms with Crippen molar-refractivity contribution in [3.63, 3.8) is 0 Å². The number of nitriles is 1. The number of carbonyl (C=O) groups is 1. The van der Waals surface area contributed by atoms with Crippen LogP contribution < -0.4 is 5.32 Å². The first-order valence-electron chi connectivity index (χ1n) is 9.44. The van der Waals surface area contributed by atoms with Gasteiger partial charge in [0.15, 0.2) is 0 Å². The number of halogens is 1. The summed E-state index contributed by atoms with van der Waals surface area (Å²) in [6.45, 7) is 2.01. The zero-order chi connectivity index (χ0) is 20.6. The van der Waals surface area contributed by atoms with E-state index < -0.39 is 5.91 Å². The highest BCUT2D eigenvalue weighted by Crippen LogP contribution is 2.20. The monoisotopic (exact) mass is 384 g/mol. The van der Waals surface area contributed by atoms with Crippen LogP contribution in [0.3, 0.4) is 0 Å². The molecule has 0 heterocycles. The maximum absolute atomic E-state index is 13.5. The summed E-state index contributed by atoms with van der Waals surface area (Å²) in [6.07, 6.45) is 2.86. The second kappa shape index (κ2) is 9.48. The molecule has 3 aromatic rings. The van der Waals surface area contributed by atoms with Crippen LogP contribution in [0.5, 0.6) is 0 Å². The Morgan fingerprint density at radius 1 is 1.03 bits per heavy atom. The van der Waals surface area contributed by atoms with Gasteiger partial charge in [0.2, 0.25) is 0 Å². The number of rotatable bonds is 6. The van der Waals surface area contributed by atoms with Gasteiger partial charge in [-0.15, -0.1) is 0 Å². The standard InChI is InChI=1S/C25H21FN2O/c1-2-19-9-5-6-13-24(19)28-25(29)22(17-27)16-21-11-4-3-10-20(21)14-18-8-7-12-23(26)15-18/h3-13,15-16H,2,14H2,1H3,(H,28,29)/b22-16+. The molecule has 0 radical (unpaired) electrons. The highest BCUT2D eigenvalue weighted by atomic mass is 19.1. The molecule has 29 heavy (non-hydrogen) atoms. The number of para-hydroxylation sites is 1. The molecule has 0 saturated carbocycles. The van der Waals surface area contributed by atoms with Crippen LogP contribution in [0.2, 0.25) is 0 Å². The average molecular weight is 384 g/mol. The average Bonchev–Trinajstić information content (AvgIpc) is 2.73. The second-order valence-corrected chi connectivity index (χ2v) is 6.64. The van der Waals surface area contributed by atoms with Crippen molar-refractivity contribution in [2.24, 2.45) is 0 Å². The Balaban J connectivity index is 1.87. The van der Waals surface area contributed by atoms with Crippen LogP contribution in [0.15, 0.2) is 78.4 Å². The Bertz CT molecular complexity index is 1100. The zero-order valence-electron chi connectivity index (χ0n) is 16.2. The Hall–Kier alpha value is -3.71. The first-order chi connectivity index (χ1) is 14.1. The number of anilines is 1. The van der Waals surface area contributed by atoms with E-state index in [0.29, 0.717) is 12.1 Å². The maximum atomic E-state index is 13.5. The van der Waals surface area contributed by atoms with E-state index in [1.54, 1.807) is 12.1 Å². The van der Waals surface area contributed by atoms with E-state index in [-0.39, 0.29) is 11.4 Å². The lowest BCUT2D eigenvalue weighted by Crippen LogP contribution is -2.14. The molecule has 144 valence electrons. The molecule has 3 nitrogen and oxygen atoms in total. The minimum atomic E-state index is -0.450. The van der Waals surface area contributed by atoms with Crippen LogP contribution in [0.1, 0.15) is 29.2 Å². The van der Waals surface area contributed by atoms with E-state index in [4.69, 9.17) is 0 Å². The quantitative estimate of drug-likeness (QED) is 0.449. The lowest BCUT2D eigenvalue weighted by atomic mass is 9.98. The van der Waals surface area contributed by atoms with Crippen LogP contribution in [0.25, 0.3) is 6.08 Å². The van der Waals surface area contributed by atoms with Crippen molar-refractivity contribution in [2.75, 3.05) is 5.32 Å². The van der Waals surface area contributed by atoms with Gasteiger partial charge in [0.1, 0.15) is 17.5 Å². The van der Waals surface area contributed by atoms with Gasteiger partial charge in [-0.3, -0.25) is 4.79 Å². The fourth-order valence-electron chi connectivity index (χ4n) is 3.15. The summed E-state index contributed by atoms with van der Waals surface area (Å²) < 4.78 is 13.5. The van der Waals surface area contributed by atoms with Gasteiger partial charge < -0.3 is 5.32 Å². The molecule has 0 aromatic heterocycles. The lowest BCUT2D eigenvalue weighted by Gasteiger charge is -2.10. The van der Waals surface area contributed by atoms with Crippen LogP contribution in [0, 0.1) is 17.1 Å². The van der Waals surface area contributed by atoms with Gasteiger partial charge in [-0.2, -0.15) is 5.26 Å². The molecule has 0 aliphatic heterocycles. The highest BCUT2D eigenvalue weighted by Gasteiger charge is 2.12. The van der Waals surface area contributed by atoms with Crippen LogP contribution in [0.4, 0.5) is 10.1 Å². The Morgan fingerprint density at radius 2 is 1.76 bits per heavy atom. The van der Waals surface area contributed by atoms with Crippen LogP contribution in [-0.2, 0) is 17.6 Å². The molecule has 0 bridgehead atoms. The summed E-state index contributed by atoms with van der Waals surface area (Å²) in [6, 6.07) is 23.4. The van der Waals surface area contributed by atoms with Gasteiger partial charge in [0, 0.05) is 5.69 Å². The molecule has 0 fully saturated rings. The summed E-state index contributed by atoms with van der Waals surface area (Å²) in [7, 11) is 0. The minimum absolute atomic E-state index is 0.0163. The number of amides is 1. The molecule has 1 amide bonds. The van der Waals surface area contributed by atoms with Gasteiger partial charge in [-0.05, 0) is 59.4 Å². The van der Waals surface area contributed by atoms with Crippen molar-refractivity contribution in [1.82, 2.24) is 0 Å². The predicted molar refractivity (Wildman–Crippen MR) is 114 cm³/mol. The van der Waals surface area contributed by atoms with Gasteiger partial charge >= 0.3 is 0 Å². The third kappa shape index (κ3) is 5.18. The van der Waals surface area contributed by atoms with Crippen molar-refractivity contribution >= 4 is 17.7 Å². The normalized spacial score (nSPS) is 11.0. The smallest absolute Gasteiger partial charge is 0.266 e. The summed E-state index contributed by atoms with van der Waals surface area (Å²) in [5, 5.41) is 12.4. The van der Waals surface area contributed by atoms with E-state index in [1.165, 1.54) is 12.1 Å².